The van der Waals surface area contributed by atoms with Gasteiger partial charge in [-0.25, -0.2) is 13.1 Å². The van der Waals surface area contributed by atoms with Crippen molar-refractivity contribution in [2.45, 2.75) is 4.90 Å². The van der Waals surface area contributed by atoms with Gasteiger partial charge in [0, 0.05) is 0 Å². The fourth-order valence-corrected chi connectivity index (χ4v) is 1.57. The average Bonchev–Trinajstić information content (AvgIpc) is 2.20. The normalized spacial score (nSPS) is 12.1. The lowest BCUT2D eigenvalue weighted by Gasteiger charge is -2.05. The molecular weight excluding hydrogens is 221 g/mol. The predicted octanol–water partition coefficient (Wildman–Crippen LogP) is -1.06. The summed E-state index contributed by atoms with van der Waals surface area (Å²) in [6, 6.07) is 3.15. The summed E-state index contributed by atoms with van der Waals surface area (Å²) in [5, 5.41) is 17.0. The third kappa shape index (κ3) is 3.20. The Bertz CT molecular complexity index is 478. The highest BCUT2D eigenvalue weighted by molar-refractivity contribution is 7.89. The highest BCUT2D eigenvalue weighted by atomic mass is 32.2. The van der Waals surface area contributed by atoms with Crippen molar-refractivity contribution in [1.29, 1.82) is 0 Å². The van der Waals surface area contributed by atoms with Crippen molar-refractivity contribution in [2.24, 2.45) is 0 Å². The van der Waals surface area contributed by atoms with Gasteiger partial charge in [0.25, 0.3) is 0 Å². The van der Waals surface area contributed by atoms with E-state index in [1.54, 1.807) is 0 Å². The maximum absolute atomic E-state index is 11.4. The van der Waals surface area contributed by atoms with Gasteiger partial charge in [0.15, 0.2) is 0 Å². The van der Waals surface area contributed by atoms with Crippen molar-refractivity contribution in [3.8, 4) is 5.75 Å². The molecule has 15 heavy (non-hydrogen) atoms. The van der Waals surface area contributed by atoms with Crippen LogP contribution >= 0.6 is 0 Å². The van der Waals surface area contributed by atoms with E-state index in [9.17, 15) is 8.42 Å². The van der Waals surface area contributed by atoms with E-state index in [0.29, 0.717) is 0 Å². The van der Waals surface area contributed by atoms with Crippen molar-refractivity contribution in [2.75, 3.05) is 7.05 Å². The molecule has 0 atom stereocenters. The molecule has 0 unspecified atom stereocenters. The molecule has 0 spiro atoms. The van der Waals surface area contributed by atoms with E-state index < -0.39 is 17.3 Å². The molecule has 1 aromatic carbocycles. The summed E-state index contributed by atoms with van der Waals surface area (Å²) >= 11 is 0. The lowest BCUT2D eigenvalue weighted by Crippen LogP contribution is -2.21. The molecule has 0 aliphatic rings. The molecule has 0 aromatic heterocycles. The van der Waals surface area contributed by atoms with Crippen molar-refractivity contribution in [3.63, 3.8) is 0 Å². The molecule has 0 amide bonds. The van der Waals surface area contributed by atoms with Crippen LogP contribution in [0.1, 0.15) is 1.37 Å². The van der Waals surface area contributed by atoms with Gasteiger partial charge in [-0.3, -0.25) is 0 Å². The first-order valence-electron chi connectivity index (χ1n) is 4.44. The average molecular weight is 232 g/mol. The summed E-state index contributed by atoms with van der Waals surface area (Å²) in [4.78, 5) is -0.0974. The molecule has 0 aliphatic carbocycles. The first-order valence-corrected chi connectivity index (χ1v) is 5.42. The van der Waals surface area contributed by atoms with Crippen molar-refractivity contribution >= 4 is 17.3 Å². The largest absolute Gasteiger partial charge is 0.707 e. The summed E-state index contributed by atoms with van der Waals surface area (Å²) in [6.07, 6.45) is 0. The van der Waals surface area contributed by atoms with Crippen LogP contribution in [0.5, 0.6) is 5.75 Å². The van der Waals surface area contributed by atoms with E-state index in [1.807, 2.05) is 0 Å². The minimum absolute atomic E-state index is 0.0974. The molecule has 0 bridgehead atoms. The van der Waals surface area contributed by atoms with Gasteiger partial charge >= 0.3 is 7.32 Å². The molecule has 0 aliphatic heterocycles. The molecule has 6 nitrogen and oxygen atoms in total. The maximum atomic E-state index is 11.4. The number of hydrogen-bond donors (Lipinski definition) is 3. The summed E-state index contributed by atoms with van der Waals surface area (Å²) in [7, 11) is -4.41. The Morgan fingerprint density at radius 3 is 2.60 bits per heavy atom. The van der Waals surface area contributed by atoms with Gasteiger partial charge in [-0.1, -0.05) is 0 Å². The predicted molar refractivity (Wildman–Crippen MR) is 53.5 cm³/mol. The van der Waals surface area contributed by atoms with Crippen LogP contribution in [0.25, 0.3) is 0 Å². The van der Waals surface area contributed by atoms with Gasteiger partial charge in [-0.2, -0.15) is 0 Å². The fraction of sp³-hybridized carbons (Fsp3) is 0.143. The van der Waals surface area contributed by atoms with Crippen LogP contribution in [0, 0.1) is 0 Å². The molecule has 8 heteroatoms. The molecule has 0 saturated carbocycles. The highest BCUT2D eigenvalue weighted by Crippen LogP contribution is 2.15. The quantitative estimate of drug-likeness (QED) is 0.575. The van der Waals surface area contributed by atoms with Gasteiger partial charge in [-0.05, 0) is 31.3 Å². The maximum Gasteiger partial charge on any atom is 0.707 e. The van der Waals surface area contributed by atoms with Gasteiger partial charge in [-0.15, -0.1) is 0 Å². The number of nitrogens with one attached hydrogen (secondary N) is 1. The molecule has 0 radical (unpaired) electrons. The first kappa shape index (κ1) is 10.4. The van der Waals surface area contributed by atoms with Gasteiger partial charge in [0.1, 0.15) is 5.75 Å². The Balaban J connectivity index is 3.09. The lowest BCUT2D eigenvalue weighted by atomic mass is 10.2. The van der Waals surface area contributed by atoms with E-state index in [1.165, 1.54) is 19.2 Å². The smallest absolute Gasteiger partial charge is 0.512 e. The second kappa shape index (κ2) is 4.62. The second-order valence-electron chi connectivity index (χ2n) is 2.54. The van der Waals surface area contributed by atoms with Gasteiger partial charge in [0.05, 0.1) is 6.27 Å². The van der Waals surface area contributed by atoms with Crippen molar-refractivity contribution in [1.82, 2.24) is 4.72 Å². The van der Waals surface area contributed by atoms with E-state index in [-0.39, 0.29) is 16.7 Å². The van der Waals surface area contributed by atoms with Crippen LogP contribution in [-0.2, 0) is 10.0 Å². The van der Waals surface area contributed by atoms with E-state index in [2.05, 4.69) is 9.38 Å². The minimum Gasteiger partial charge on any atom is -0.512 e. The molecule has 1 rings (SSSR count). The Labute approximate surface area is 89.1 Å². The fourth-order valence-electron chi connectivity index (χ4n) is 0.868. The number of sulfonamides is 1. The summed E-state index contributed by atoms with van der Waals surface area (Å²) < 4.78 is 36.7. The molecule has 0 fully saturated rings. The van der Waals surface area contributed by atoms with Crippen LogP contribution in [0.2, 0.25) is 0 Å². The van der Waals surface area contributed by atoms with E-state index >= 15 is 0 Å². The number of rotatable bonds is 4. The molecule has 0 heterocycles. The van der Waals surface area contributed by atoms with E-state index in [0.717, 1.165) is 6.07 Å². The van der Waals surface area contributed by atoms with Crippen LogP contribution in [-0.4, -0.2) is 32.8 Å². The van der Waals surface area contributed by atoms with Gasteiger partial charge < -0.3 is 14.7 Å². The SMILES string of the molecule is [2H]c1cc(S(=O)(=O)NC)ccc1OB(O)O. The van der Waals surface area contributed by atoms with Crippen LogP contribution in [0.3, 0.4) is 0 Å². The Kier molecular flexibility index (Phi) is 3.22. The zero-order chi connectivity index (χ0) is 12.3. The van der Waals surface area contributed by atoms with Crippen LogP contribution < -0.4 is 9.38 Å². The van der Waals surface area contributed by atoms with Gasteiger partial charge in [0.2, 0.25) is 10.0 Å². The summed E-state index contributed by atoms with van der Waals surface area (Å²) in [6.45, 7) is 0. The Hall–Kier alpha value is -1.09. The second-order valence-corrected chi connectivity index (χ2v) is 4.43. The first-order chi connectivity index (χ1) is 7.36. The zero-order valence-electron chi connectivity index (χ0n) is 8.84. The van der Waals surface area contributed by atoms with Crippen LogP contribution in [0.4, 0.5) is 0 Å². The topological polar surface area (TPSA) is 95.9 Å². The molecule has 1 aromatic rings. The van der Waals surface area contributed by atoms with E-state index in [4.69, 9.17) is 11.4 Å². The monoisotopic (exact) mass is 232 g/mol. The van der Waals surface area contributed by atoms with Crippen molar-refractivity contribution < 1.29 is 24.5 Å². The third-order valence-corrected chi connectivity index (χ3v) is 2.98. The number of hydrogen-bond acceptors (Lipinski definition) is 5. The number of benzene rings is 1. The Morgan fingerprint density at radius 2 is 2.13 bits per heavy atom. The zero-order valence-corrected chi connectivity index (χ0v) is 8.65. The molecule has 82 valence electrons. The van der Waals surface area contributed by atoms with Crippen LogP contribution in [0.15, 0.2) is 29.1 Å². The Morgan fingerprint density at radius 1 is 1.47 bits per heavy atom. The minimum atomic E-state index is -3.62. The molecular formula is C7H10BNO5S. The molecule has 0 saturated heterocycles. The standard InChI is InChI=1S/C7H10BNO5S/c1-9-15(12,13)7-4-2-6(3-5-7)14-8(10)11/h2-5,9-11H,1H3/i2D. The van der Waals surface area contributed by atoms with Crippen molar-refractivity contribution in [3.05, 3.63) is 24.2 Å². The summed E-state index contributed by atoms with van der Waals surface area (Å²) in [5.41, 5.74) is 0. The molecule has 3 N–H and O–H groups in total. The highest BCUT2D eigenvalue weighted by Gasteiger charge is 2.13. The lowest BCUT2D eigenvalue weighted by molar-refractivity contribution is 0.288. The third-order valence-electron chi connectivity index (χ3n) is 1.57. The summed E-state index contributed by atoms with van der Waals surface area (Å²) in [5.74, 6) is -0.120.